The van der Waals surface area contributed by atoms with Crippen molar-refractivity contribution in [1.82, 2.24) is 14.8 Å². The zero-order valence-corrected chi connectivity index (χ0v) is 16.4. The molecule has 0 unspecified atom stereocenters. The van der Waals surface area contributed by atoms with Crippen molar-refractivity contribution in [1.29, 1.82) is 0 Å². The van der Waals surface area contributed by atoms with Gasteiger partial charge < -0.3 is 15.1 Å². The van der Waals surface area contributed by atoms with Gasteiger partial charge in [0.15, 0.2) is 0 Å². The van der Waals surface area contributed by atoms with Gasteiger partial charge >= 0.3 is 0 Å². The van der Waals surface area contributed by atoms with E-state index in [4.69, 9.17) is 0 Å². The van der Waals surface area contributed by atoms with Crippen LogP contribution in [0.3, 0.4) is 0 Å². The zero-order chi connectivity index (χ0) is 19.6. The second kappa shape index (κ2) is 7.88. The summed E-state index contributed by atoms with van der Waals surface area (Å²) in [5.41, 5.74) is 4.70. The molecule has 0 spiro atoms. The molecule has 6 heteroatoms. The van der Waals surface area contributed by atoms with E-state index in [0.717, 1.165) is 35.5 Å². The first-order valence-corrected chi connectivity index (χ1v) is 9.18. The number of carbonyl (C=O) groups is 2. The maximum absolute atomic E-state index is 12.7. The second-order valence-electron chi connectivity index (χ2n) is 7.25. The highest BCUT2D eigenvalue weighted by molar-refractivity contribution is 6.05. The summed E-state index contributed by atoms with van der Waals surface area (Å²) in [5.74, 6) is -0.361. The van der Waals surface area contributed by atoms with Crippen LogP contribution >= 0.6 is 0 Å². The van der Waals surface area contributed by atoms with E-state index in [1.807, 2.05) is 44.9 Å². The standard InChI is InChI=1S/C21H26N4O2/c1-14-11-15(2)19(16(3)12-14)23-20(26)18-13-17(5-6-22-18)21(27)25-9-7-24(4)8-10-25/h5-6,11-13H,7-10H2,1-4H3,(H,23,26). The molecule has 0 saturated carbocycles. The number of aromatic nitrogens is 1. The molecule has 1 aromatic heterocycles. The number of nitrogens with zero attached hydrogens (tertiary/aromatic N) is 3. The molecule has 1 fully saturated rings. The first-order chi connectivity index (χ1) is 12.8. The second-order valence-corrected chi connectivity index (χ2v) is 7.25. The van der Waals surface area contributed by atoms with Crippen molar-refractivity contribution < 1.29 is 9.59 Å². The number of aryl methyl sites for hydroxylation is 3. The smallest absolute Gasteiger partial charge is 0.274 e. The lowest BCUT2D eigenvalue weighted by Gasteiger charge is -2.32. The molecule has 1 saturated heterocycles. The van der Waals surface area contributed by atoms with Crippen LogP contribution in [0, 0.1) is 20.8 Å². The van der Waals surface area contributed by atoms with E-state index in [-0.39, 0.29) is 17.5 Å². The van der Waals surface area contributed by atoms with Crippen molar-refractivity contribution in [3.63, 3.8) is 0 Å². The number of rotatable bonds is 3. The highest BCUT2D eigenvalue weighted by Gasteiger charge is 2.21. The molecular weight excluding hydrogens is 340 g/mol. The molecule has 0 bridgehead atoms. The Balaban J connectivity index is 1.77. The molecule has 2 heterocycles. The molecule has 2 amide bonds. The van der Waals surface area contributed by atoms with Crippen LogP contribution < -0.4 is 5.32 Å². The fourth-order valence-corrected chi connectivity index (χ4v) is 3.43. The van der Waals surface area contributed by atoms with Crippen molar-refractivity contribution in [3.05, 3.63) is 58.4 Å². The number of hydrogen-bond donors (Lipinski definition) is 1. The average molecular weight is 366 g/mol. The quantitative estimate of drug-likeness (QED) is 0.907. The van der Waals surface area contributed by atoms with Gasteiger partial charge in [-0.3, -0.25) is 14.6 Å². The average Bonchev–Trinajstić information content (AvgIpc) is 2.64. The van der Waals surface area contributed by atoms with E-state index in [1.165, 1.54) is 6.20 Å². The molecule has 2 aromatic rings. The monoisotopic (exact) mass is 366 g/mol. The minimum atomic E-state index is -0.307. The van der Waals surface area contributed by atoms with Crippen LogP contribution in [-0.2, 0) is 0 Å². The molecule has 6 nitrogen and oxygen atoms in total. The fraction of sp³-hybridized carbons (Fsp3) is 0.381. The number of carbonyl (C=O) groups excluding carboxylic acids is 2. The van der Waals surface area contributed by atoms with E-state index >= 15 is 0 Å². The highest BCUT2D eigenvalue weighted by Crippen LogP contribution is 2.22. The van der Waals surface area contributed by atoms with E-state index in [0.29, 0.717) is 18.7 Å². The Morgan fingerprint density at radius 1 is 1.00 bits per heavy atom. The zero-order valence-electron chi connectivity index (χ0n) is 16.4. The first kappa shape index (κ1) is 19.0. The number of hydrogen-bond acceptors (Lipinski definition) is 4. The SMILES string of the molecule is Cc1cc(C)c(NC(=O)c2cc(C(=O)N3CCN(C)CC3)ccn2)c(C)c1. The van der Waals surface area contributed by atoms with E-state index in [2.05, 4.69) is 15.2 Å². The summed E-state index contributed by atoms with van der Waals surface area (Å²) in [6, 6.07) is 7.31. The molecule has 1 aromatic carbocycles. The third-order valence-electron chi connectivity index (χ3n) is 4.95. The lowest BCUT2D eigenvalue weighted by atomic mass is 10.0. The Bertz CT molecular complexity index is 847. The van der Waals surface area contributed by atoms with Gasteiger partial charge in [-0.05, 0) is 51.1 Å². The van der Waals surface area contributed by atoms with Gasteiger partial charge in [0.2, 0.25) is 0 Å². The predicted molar refractivity (Wildman–Crippen MR) is 106 cm³/mol. The lowest BCUT2D eigenvalue weighted by Crippen LogP contribution is -2.47. The Labute approximate surface area is 160 Å². The van der Waals surface area contributed by atoms with Crippen LogP contribution in [0.25, 0.3) is 0 Å². The summed E-state index contributed by atoms with van der Waals surface area (Å²) in [5, 5.41) is 2.94. The summed E-state index contributed by atoms with van der Waals surface area (Å²) in [7, 11) is 2.05. The van der Waals surface area contributed by atoms with Crippen molar-refractivity contribution in [2.75, 3.05) is 38.5 Å². The molecule has 1 aliphatic heterocycles. The Kier molecular flexibility index (Phi) is 5.56. The van der Waals surface area contributed by atoms with Crippen LogP contribution in [0.15, 0.2) is 30.5 Å². The fourth-order valence-electron chi connectivity index (χ4n) is 3.43. The van der Waals surface area contributed by atoms with Crippen molar-refractivity contribution >= 4 is 17.5 Å². The van der Waals surface area contributed by atoms with E-state index in [9.17, 15) is 9.59 Å². The number of piperazine rings is 1. The minimum Gasteiger partial charge on any atom is -0.336 e. The molecule has 3 rings (SSSR count). The normalized spacial score (nSPS) is 14.9. The molecule has 27 heavy (non-hydrogen) atoms. The Hall–Kier alpha value is -2.73. The number of pyridine rings is 1. The molecule has 1 N–H and O–H groups in total. The summed E-state index contributed by atoms with van der Waals surface area (Å²) in [6.45, 7) is 9.07. The van der Waals surface area contributed by atoms with Crippen LogP contribution in [0.1, 0.15) is 37.5 Å². The van der Waals surface area contributed by atoms with E-state index in [1.54, 1.807) is 12.1 Å². The number of anilines is 1. The van der Waals surface area contributed by atoms with Gasteiger partial charge in [0, 0.05) is 43.6 Å². The third-order valence-corrected chi connectivity index (χ3v) is 4.95. The summed E-state index contributed by atoms with van der Waals surface area (Å²) < 4.78 is 0. The van der Waals surface area contributed by atoms with Crippen molar-refractivity contribution in [2.45, 2.75) is 20.8 Å². The predicted octanol–water partition coefficient (Wildman–Crippen LogP) is 2.65. The van der Waals surface area contributed by atoms with Crippen molar-refractivity contribution in [2.24, 2.45) is 0 Å². The largest absolute Gasteiger partial charge is 0.336 e. The topological polar surface area (TPSA) is 65.5 Å². The van der Waals surface area contributed by atoms with Crippen LogP contribution in [0.4, 0.5) is 5.69 Å². The maximum atomic E-state index is 12.7. The summed E-state index contributed by atoms with van der Waals surface area (Å²) in [4.78, 5) is 33.6. The van der Waals surface area contributed by atoms with Crippen LogP contribution in [0.5, 0.6) is 0 Å². The van der Waals surface area contributed by atoms with Gasteiger partial charge in [0.05, 0.1) is 0 Å². The van der Waals surface area contributed by atoms with Gasteiger partial charge in [0.1, 0.15) is 5.69 Å². The van der Waals surface area contributed by atoms with Gasteiger partial charge in [-0.15, -0.1) is 0 Å². The first-order valence-electron chi connectivity index (χ1n) is 9.18. The highest BCUT2D eigenvalue weighted by atomic mass is 16.2. The lowest BCUT2D eigenvalue weighted by molar-refractivity contribution is 0.0664. The van der Waals surface area contributed by atoms with Gasteiger partial charge in [0.25, 0.3) is 11.8 Å². The Morgan fingerprint density at radius 2 is 1.63 bits per heavy atom. The maximum Gasteiger partial charge on any atom is 0.274 e. The minimum absolute atomic E-state index is 0.0535. The number of nitrogens with one attached hydrogen (secondary N) is 1. The Morgan fingerprint density at radius 3 is 2.26 bits per heavy atom. The van der Waals surface area contributed by atoms with Crippen molar-refractivity contribution in [3.8, 4) is 0 Å². The number of amides is 2. The van der Waals surface area contributed by atoms with E-state index < -0.39 is 0 Å². The van der Waals surface area contributed by atoms with Crippen LogP contribution in [-0.4, -0.2) is 59.8 Å². The molecule has 0 aliphatic carbocycles. The molecule has 0 atom stereocenters. The number of likely N-dealkylation sites (N-methyl/N-ethyl adjacent to an activating group) is 1. The van der Waals surface area contributed by atoms with Crippen LogP contribution in [0.2, 0.25) is 0 Å². The molecule has 1 aliphatic rings. The third kappa shape index (κ3) is 4.34. The van der Waals surface area contributed by atoms with Gasteiger partial charge in [-0.25, -0.2) is 0 Å². The van der Waals surface area contributed by atoms with Gasteiger partial charge in [-0.2, -0.15) is 0 Å². The summed E-state index contributed by atoms with van der Waals surface area (Å²) in [6.07, 6.45) is 1.52. The van der Waals surface area contributed by atoms with Gasteiger partial charge in [-0.1, -0.05) is 17.7 Å². The molecule has 142 valence electrons. The summed E-state index contributed by atoms with van der Waals surface area (Å²) >= 11 is 0. The number of benzene rings is 1. The molecule has 0 radical (unpaired) electrons. The molecular formula is C21H26N4O2.